The molecule has 2 rings (SSSR count). The van der Waals surface area contributed by atoms with Gasteiger partial charge in [0.25, 0.3) is 0 Å². The number of nitrogens with zero attached hydrogens (tertiary/aromatic N) is 1. The van der Waals surface area contributed by atoms with E-state index < -0.39 is 0 Å². The second-order valence-corrected chi connectivity index (χ2v) is 4.81. The molecule has 1 aliphatic heterocycles. The summed E-state index contributed by atoms with van der Waals surface area (Å²) < 4.78 is 5.35. The first-order valence-corrected chi connectivity index (χ1v) is 6.43. The molecule has 1 saturated heterocycles. The zero-order valence-electron chi connectivity index (χ0n) is 9.64. The molecule has 1 amide bonds. The molecule has 1 fully saturated rings. The molecule has 0 aromatic heterocycles. The molecular weight excluding hydrogens is 222 g/mol. The van der Waals surface area contributed by atoms with Crippen molar-refractivity contribution < 1.29 is 9.53 Å². The Hall–Kier alpha value is -1.16. The van der Waals surface area contributed by atoms with E-state index in [1.165, 1.54) is 4.90 Å². The maximum Gasteiger partial charge on any atom is 0.410 e. The molecule has 86 valence electrons. The molecule has 0 saturated carbocycles. The summed E-state index contributed by atoms with van der Waals surface area (Å²) in [6.45, 7) is 2.00. The molecule has 4 heteroatoms. The molecule has 0 unspecified atom stereocenters. The SMILES string of the molecule is CSc1cccc([C@H]2OC(=O)N(C)[C@H]2C)c1. The van der Waals surface area contributed by atoms with Crippen LogP contribution in [0, 0.1) is 0 Å². The molecule has 0 N–H and O–H groups in total. The van der Waals surface area contributed by atoms with Crippen LogP contribution in [0.15, 0.2) is 29.2 Å². The van der Waals surface area contributed by atoms with Crippen molar-refractivity contribution in [3.63, 3.8) is 0 Å². The fourth-order valence-electron chi connectivity index (χ4n) is 1.82. The molecular formula is C12H15NO2S. The number of amides is 1. The Morgan fingerprint density at radius 2 is 2.19 bits per heavy atom. The van der Waals surface area contributed by atoms with Gasteiger partial charge in [-0.3, -0.25) is 0 Å². The first-order chi connectivity index (χ1) is 7.63. The van der Waals surface area contributed by atoms with E-state index in [0.29, 0.717) is 0 Å². The van der Waals surface area contributed by atoms with Crippen molar-refractivity contribution >= 4 is 17.9 Å². The van der Waals surface area contributed by atoms with E-state index in [-0.39, 0.29) is 18.2 Å². The van der Waals surface area contributed by atoms with Crippen LogP contribution in [0.5, 0.6) is 0 Å². The lowest BCUT2D eigenvalue weighted by molar-refractivity contribution is 0.131. The maximum absolute atomic E-state index is 11.4. The number of hydrogen-bond acceptors (Lipinski definition) is 3. The zero-order valence-corrected chi connectivity index (χ0v) is 10.5. The molecule has 3 nitrogen and oxygen atoms in total. The molecule has 1 aromatic rings. The van der Waals surface area contributed by atoms with Crippen molar-refractivity contribution in [2.75, 3.05) is 13.3 Å². The summed E-state index contributed by atoms with van der Waals surface area (Å²) in [5.41, 5.74) is 1.07. The summed E-state index contributed by atoms with van der Waals surface area (Å²) in [6, 6.07) is 8.23. The number of cyclic esters (lactones) is 1. The Bertz CT molecular complexity index is 408. The van der Waals surface area contributed by atoms with Gasteiger partial charge in [0.2, 0.25) is 0 Å². The summed E-state index contributed by atoms with van der Waals surface area (Å²) in [7, 11) is 1.77. The van der Waals surface area contributed by atoms with Crippen LogP contribution in [0.25, 0.3) is 0 Å². The van der Waals surface area contributed by atoms with Crippen molar-refractivity contribution in [2.45, 2.75) is 24.0 Å². The second kappa shape index (κ2) is 4.37. The van der Waals surface area contributed by atoms with Gasteiger partial charge in [-0.1, -0.05) is 12.1 Å². The number of likely N-dealkylation sites (N-methyl/N-ethyl adjacent to an activating group) is 1. The molecule has 0 bridgehead atoms. The van der Waals surface area contributed by atoms with E-state index >= 15 is 0 Å². The Balaban J connectivity index is 2.27. The largest absolute Gasteiger partial charge is 0.439 e. The molecule has 2 atom stereocenters. The fourth-order valence-corrected chi connectivity index (χ4v) is 2.29. The lowest BCUT2D eigenvalue weighted by atomic mass is 10.0. The lowest BCUT2D eigenvalue weighted by Crippen LogP contribution is -2.27. The van der Waals surface area contributed by atoms with Crippen LogP contribution in [-0.2, 0) is 4.74 Å². The zero-order chi connectivity index (χ0) is 11.7. The smallest absolute Gasteiger partial charge is 0.410 e. The molecule has 0 radical (unpaired) electrons. The summed E-state index contributed by atoms with van der Waals surface area (Å²) in [6.07, 6.45) is 1.65. The van der Waals surface area contributed by atoms with Crippen LogP contribution in [-0.4, -0.2) is 30.3 Å². The highest BCUT2D eigenvalue weighted by molar-refractivity contribution is 7.98. The number of hydrogen-bond donors (Lipinski definition) is 0. The standard InChI is InChI=1S/C12H15NO2S/c1-8-11(15-12(14)13(8)2)9-5-4-6-10(7-9)16-3/h4-8,11H,1-3H3/t8-,11-/m0/s1. The van der Waals surface area contributed by atoms with Gasteiger partial charge in [0, 0.05) is 11.9 Å². The number of thioether (sulfide) groups is 1. The van der Waals surface area contributed by atoms with E-state index in [1.54, 1.807) is 23.7 Å². The predicted octanol–water partition coefficient (Wildman–Crippen LogP) is 2.92. The van der Waals surface area contributed by atoms with Gasteiger partial charge in [0.15, 0.2) is 0 Å². The van der Waals surface area contributed by atoms with E-state index in [1.807, 2.05) is 25.3 Å². The molecule has 1 heterocycles. The second-order valence-electron chi connectivity index (χ2n) is 3.93. The van der Waals surface area contributed by atoms with Crippen molar-refractivity contribution in [3.8, 4) is 0 Å². The van der Waals surface area contributed by atoms with Gasteiger partial charge < -0.3 is 9.64 Å². The van der Waals surface area contributed by atoms with Crippen molar-refractivity contribution in [1.82, 2.24) is 4.90 Å². The summed E-state index contributed by atoms with van der Waals surface area (Å²) in [5.74, 6) is 0. The molecule has 1 aliphatic rings. The molecule has 0 spiro atoms. The summed E-state index contributed by atoms with van der Waals surface area (Å²) in [5, 5.41) is 0. The summed E-state index contributed by atoms with van der Waals surface area (Å²) >= 11 is 1.69. The Morgan fingerprint density at radius 1 is 1.44 bits per heavy atom. The Morgan fingerprint density at radius 3 is 2.75 bits per heavy atom. The van der Waals surface area contributed by atoms with Gasteiger partial charge in [-0.2, -0.15) is 0 Å². The molecule has 1 aromatic carbocycles. The topological polar surface area (TPSA) is 29.5 Å². The quantitative estimate of drug-likeness (QED) is 0.741. The number of carbonyl (C=O) groups excluding carboxylic acids is 1. The maximum atomic E-state index is 11.4. The number of ether oxygens (including phenoxy) is 1. The van der Waals surface area contributed by atoms with Crippen LogP contribution in [0.3, 0.4) is 0 Å². The van der Waals surface area contributed by atoms with E-state index in [2.05, 4.69) is 12.1 Å². The average Bonchev–Trinajstić information content (AvgIpc) is 2.57. The lowest BCUT2D eigenvalue weighted by Gasteiger charge is -2.17. The average molecular weight is 237 g/mol. The molecule has 0 aliphatic carbocycles. The van der Waals surface area contributed by atoms with Crippen molar-refractivity contribution in [2.24, 2.45) is 0 Å². The summed E-state index contributed by atoms with van der Waals surface area (Å²) in [4.78, 5) is 14.2. The minimum absolute atomic E-state index is 0.0876. The van der Waals surface area contributed by atoms with E-state index in [4.69, 9.17) is 4.74 Å². The highest BCUT2D eigenvalue weighted by Crippen LogP contribution is 2.32. The van der Waals surface area contributed by atoms with Crippen molar-refractivity contribution in [1.29, 1.82) is 0 Å². The fraction of sp³-hybridized carbons (Fsp3) is 0.417. The van der Waals surface area contributed by atoms with Crippen molar-refractivity contribution in [3.05, 3.63) is 29.8 Å². The van der Waals surface area contributed by atoms with Gasteiger partial charge in [0.05, 0.1) is 6.04 Å². The number of rotatable bonds is 2. The Kier molecular flexibility index (Phi) is 3.10. The third-order valence-corrected chi connectivity index (χ3v) is 3.71. The third-order valence-electron chi connectivity index (χ3n) is 2.99. The normalized spacial score (nSPS) is 24.7. The number of benzene rings is 1. The first kappa shape index (κ1) is 11.3. The Labute approximate surface area is 99.8 Å². The van der Waals surface area contributed by atoms with Gasteiger partial charge >= 0.3 is 6.09 Å². The van der Waals surface area contributed by atoms with E-state index in [0.717, 1.165) is 5.56 Å². The van der Waals surface area contributed by atoms with Crippen LogP contribution < -0.4 is 0 Å². The minimum Gasteiger partial charge on any atom is -0.439 e. The minimum atomic E-state index is -0.243. The first-order valence-electron chi connectivity index (χ1n) is 5.21. The number of carbonyl (C=O) groups is 1. The monoisotopic (exact) mass is 237 g/mol. The predicted molar refractivity (Wildman–Crippen MR) is 64.7 cm³/mol. The molecule has 16 heavy (non-hydrogen) atoms. The van der Waals surface area contributed by atoms with Crippen LogP contribution >= 0.6 is 11.8 Å². The highest BCUT2D eigenvalue weighted by atomic mass is 32.2. The van der Waals surface area contributed by atoms with E-state index in [9.17, 15) is 4.79 Å². The van der Waals surface area contributed by atoms with Crippen LogP contribution in [0.4, 0.5) is 4.79 Å². The van der Waals surface area contributed by atoms with Gasteiger partial charge in [0.1, 0.15) is 6.10 Å². The van der Waals surface area contributed by atoms with Crippen LogP contribution in [0.2, 0.25) is 0 Å². The van der Waals surface area contributed by atoms with Gasteiger partial charge in [-0.05, 0) is 30.9 Å². The van der Waals surface area contributed by atoms with Crippen LogP contribution in [0.1, 0.15) is 18.6 Å². The highest BCUT2D eigenvalue weighted by Gasteiger charge is 2.37. The van der Waals surface area contributed by atoms with Gasteiger partial charge in [-0.15, -0.1) is 11.8 Å². The van der Waals surface area contributed by atoms with Gasteiger partial charge in [-0.25, -0.2) is 4.79 Å². The third kappa shape index (κ3) is 1.89.